The van der Waals surface area contributed by atoms with Gasteiger partial charge in [0.2, 0.25) is 10.0 Å². The zero-order valence-corrected chi connectivity index (χ0v) is 10.4. The van der Waals surface area contributed by atoms with Crippen molar-refractivity contribution in [1.82, 2.24) is 14.9 Å². The SMILES string of the molecule is CNS(=O)(=O)c1cc(-c2ccc(=O)[nH]n2)cs1. The first-order chi connectivity index (χ1) is 8.03. The largest absolute Gasteiger partial charge is 0.268 e. The second-order valence-corrected chi connectivity index (χ2v) is 6.19. The lowest BCUT2D eigenvalue weighted by Crippen LogP contribution is -2.17. The Labute approximate surface area is 101 Å². The standard InChI is InChI=1S/C9H9N3O3S2/c1-10-17(14,15)9-4-6(5-16-9)7-2-3-8(13)12-11-7/h2-5,10H,1H3,(H,12,13). The number of hydrogen-bond donors (Lipinski definition) is 2. The van der Waals surface area contributed by atoms with E-state index in [2.05, 4.69) is 14.9 Å². The summed E-state index contributed by atoms with van der Waals surface area (Å²) < 4.78 is 25.5. The Hall–Kier alpha value is -1.51. The molecule has 8 heteroatoms. The highest BCUT2D eigenvalue weighted by molar-refractivity contribution is 7.91. The number of aromatic nitrogens is 2. The summed E-state index contributed by atoms with van der Waals surface area (Å²) in [6, 6.07) is 4.39. The van der Waals surface area contributed by atoms with Crippen molar-refractivity contribution in [2.45, 2.75) is 4.21 Å². The molecule has 2 heterocycles. The molecular formula is C9H9N3O3S2. The first kappa shape index (κ1) is 12.0. The smallest absolute Gasteiger partial charge is 0.264 e. The van der Waals surface area contributed by atoms with Crippen molar-refractivity contribution in [3.8, 4) is 11.3 Å². The molecule has 0 aliphatic rings. The first-order valence-corrected chi connectivity index (χ1v) is 6.97. The molecule has 90 valence electrons. The zero-order chi connectivity index (χ0) is 12.5. The number of aromatic amines is 1. The molecule has 0 amide bonds. The van der Waals surface area contributed by atoms with Gasteiger partial charge in [0, 0.05) is 17.0 Å². The van der Waals surface area contributed by atoms with Crippen LogP contribution in [0, 0.1) is 0 Å². The molecule has 0 atom stereocenters. The second-order valence-electron chi connectivity index (χ2n) is 3.17. The Bertz CT molecular complexity index is 667. The minimum Gasteiger partial charge on any atom is -0.268 e. The van der Waals surface area contributed by atoms with Gasteiger partial charge in [-0.1, -0.05) is 0 Å². The van der Waals surface area contributed by atoms with Gasteiger partial charge in [-0.3, -0.25) is 4.79 Å². The summed E-state index contributed by atoms with van der Waals surface area (Å²) in [5.41, 5.74) is 0.880. The quantitative estimate of drug-likeness (QED) is 0.845. The van der Waals surface area contributed by atoms with Crippen molar-refractivity contribution in [2.75, 3.05) is 7.05 Å². The van der Waals surface area contributed by atoms with Crippen LogP contribution in [0.2, 0.25) is 0 Å². The average Bonchev–Trinajstić information content (AvgIpc) is 2.80. The number of nitrogens with one attached hydrogen (secondary N) is 2. The minimum atomic E-state index is -3.42. The highest BCUT2D eigenvalue weighted by atomic mass is 32.2. The fraction of sp³-hybridized carbons (Fsp3) is 0.111. The maximum absolute atomic E-state index is 11.5. The average molecular weight is 271 g/mol. The molecule has 0 saturated carbocycles. The topological polar surface area (TPSA) is 91.9 Å². The van der Waals surface area contributed by atoms with Crippen molar-refractivity contribution in [3.05, 3.63) is 33.9 Å². The lowest BCUT2D eigenvalue weighted by atomic mass is 10.2. The lowest BCUT2D eigenvalue weighted by Gasteiger charge is -1.96. The van der Waals surface area contributed by atoms with E-state index in [1.165, 1.54) is 25.2 Å². The van der Waals surface area contributed by atoms with Crippen molar-refractivity contribution in [1.29, 1.82) is 0 Å². The van der Waals surface area contributed by atoms with Crippen LogP contribution in [0.3, 0.4) is 0 Å². The predicted octanol–water partition coefficient (Wildman–Crippen LogP) is 0.406. The summed E-state index contributed by atoms with van der Waals surface area (Å²) in [6.45, 7) is 0. The highest BCUT2D eigenvalue weighted by Gasteiger charge is 2.15. The van der Waals surface area contributed by atoms with Crippen LogP contribution in [0.1, 0.15) is 0 Å². The molecule has 0 aliphatic heterocycles. The summed E-state index contributed by atoms with van der Waals surface area (Å²) in [6.07, 6.45) is 0. The van der Waals surface area contributed by atoms with E-state index in [-0.39, 0.29) is 9.77 Å². The third kappa shape index (κ3) is 2.43. The Balaban J connectivity index is 2.43. The van der Waals surface area contributed by atoms with E-state index in [0.717, 1.165) is 11.3 Å². The fourth-order valence-corrected chi connectivity index (χ4v) is 3.21. The number of rotatable bonds is 3. The number of nitrogens with zero attached hydrogens (tertiary/aromatic N) is 1. The molecule has 0 bridgehead atoms. The van der Waals surface area contributed by atoms with Gasteiger partial charge in [0.1, 0.15) is 4.21 Å². The van der Waals surface area contributed by atoms with Crippen LogP contribution in [-0.4, -0.2) is 25.7 Å². The highest BCUT2D eigenvalue weighted by Crippen LogP contribution is 2.26. The second kappa shape index (κ2) is 4.40. The Morgan fingerprint density at radius 3 is 2.76 bits per heavy atom. The van der Waals surface area contributed by atoms with Gasteiger partial charge in [-0.05, 0) is 19.2 Å². The summed E-state index contributed by atoms with van der Waals surface area (Å²) >= 11 is 1.10. The van der Waals surface area contributed by atoms with Gasteiger partial charge >= 0.3 is 0 Å². The van der Waals surface area contributed by atoms with Crippen LogP contribution in [0.15, 0.2) is 32.6 Å². The van der Waals surface area contributed by atoms with Crippen LogP contribution >= 0.6 is 11.3 Å². The van der Waals surface area contributed by atoms with Crippen molar-refractivity contribution in [2.24, 2.45) is 0 Å². The normalized spacial score (nSPS) is 11.6. The molecule has 2 aromatic rings. The molecular weight excluding hydrogens is 262 g/mol. The third-order valence-electron chi connectivity index (χ3n) is 2.08. The van der Waals surface area contributed by atoms with Crippen molar-refractivity contribution >= 4 is 21.4 Å². The van der Waals surface area contributed by atoms with Crippen molar-refractivity contribution in [3.63, 3.8) is 0 Å². The maximum Gasteiger partial charge on any atom is 0.264 e. The maximum atomic E-state index is 11.5. The van der Waals surface area contributed by atoms with E-state index in [4.69, 9.17) is 0 Å². The van der Waals surface area contributed by atoms with Gasteiger partial charge in [0.25, 0.3) is 5.56 Å². The summed E-state index contributed by atoms with van der Waals surface area (Å²) in [5, 5.41) is 7.79. The van der Waals surface area contributed by atoms with E-state index in [0.29, 0.717) is 11.3 Å². The van der Waals surface area contributed by atoms with Gasteiger partial charge in [-0.25, -0.2) is 18.2 Å². The molecule has 2 rings (SSSR count). The summed E-state index contributed by atoms with van der Waals surface area (Å²) in [7, 11) is -2.07. The molecule has 0 aromatic carbocycles. The van der Waals surface area contributed by atoms with Gasteiger partial charge in [0.15, 0.2) is 0 Å². The molecule has 2 aromatic heterocycles. The third-order valence-corrected chi connectivity index (χ3v) is 4.94. The molecule has 0 aliphatic carbocycles. The van der Waals surface area contributed by atoms with Crippen LogP contribution in [0.25, 0.3) is 11.3 Å². The van der Waals surface area contributed by atoms with E-state index < -0.39 is 10.0 Å². The number of sulfonamides is 1. The molecule has 0 unspecified atom stereocenters. The van der Waals surface area contributed by atoms with Crippen LogP contribution in [0.5, 0.6) is 0 Å². The van der Waals surface area contributed by atoms with Crippen LogP contribution in [-0.2, 0) is 10.0 Å². The first-order valence-electron chi connectivity index (χ1n) is 4.61. The number of thiophene rings is 1. The lowest BCUT2D eigenvalue weighted by molar-refractivity contribution is 0.590. The molecule has 0 spiro atoms. The molecule has 0 saturated heterocycles. The van der Waals surface area contributed by atoms with Gasteiger partial charge < -0.3 is 0 Å². The molecule has 2 N–H and O–H groups in total. The Kier molecular flexibility index (Phi) is 3.09. The van der Waals surface area contributed by atoms with Gasteiger partial charge in [-0.2, -0.15) is 5.10 Å². The summed E-state index contributed by atoms with van der Waals surface area (Å²) in [4.78, 5) is 10.8. The molecule has 17 heavy (non-hydrogen) atoms. The van der Waals surface area contributed by atoms with Crippen LogP contribution in [0.4, 0.5) is 0 Å². The van der Waals surface area contributed by atoms with E-state index in [1.807, 2.05) is 0 Å². The monoisotopic (exact) mass is 271 g/mol. The number of H-pyrrole nitrogens is 1. The minimum absolute atomic E-state index is 0.211. The fourth-order valence-electron chi connectivity index (χ4n) is 1.20. The Morgan fingerprint density at radius 1 is 1.41 bits per heavy atom. The Morgan fingerprint density at radius 2 is 2.18 bits per heavy atom. The zero-order valence-electron chi connectivity index (χ0n) is 8.80. The van der Waals surface area contributed by atoms with Crippen LogP contribution < -0.4 is 10.3 Å². The summed E-state index contributed by atoms with van der Waals surface area (Å²) in [5.74, 6) is 0. The molecule has 0 fully saturated rings. The number of hydrogen-bond acceptors (Lipinski definition) is 5. The van der Waals surface area contributed by atoms with Crippen molar-refractivity contribution < 1.29 is 8.42 Å². The van der Waals surface area contributed by atoms with Gasteiger partial charge in [0.05, 0.1) is 5.69 Å². The van der Waals surface area contributed by atoms with E-state index in [1.54, 1.807) is 5.38 Å². The molecule has 0 radical (unpaired) electrons. The van der Waals surface area contributed by atoms with Gasteiger partial charge in [-0.15, -0.1) is 11.3 Å². The van der Waals surface area contributed by atoms with E-state index >= 15 is 0 Å². The molecule has 6 nitrogen and oxygen atoms in total. The predicted molar refractivity (Wildman–Crippen MR) is 64.4 cm³/mol. The van der Waals surface area contributed by atoms with E-state index in [9.17, 15) is 13.2 Å².